The fraction of sp³-hybridized carbons (Fsp3) is 0.571. The highest BCUT2D eigenvalue weighted by Crippen LogP contribution is 1.96. The molecular weight excluding hydrogens is 188 g/mol. The first-order valence-corrected chi connectivity index (χ1v) is 4.88. The van der Waals surface area contributed by atoms with E-state index in [1.165, 1.54) is 0 Å². The number of hydrogen-bond donors (Lipinski definition) is 2. The third-order valence-corrected chi connectivity index (χ3v) is 2.15. The van der Waals surface area contributed by atoms with Gasteiger partial charge in [-0.05, 0) is 18.0 Å². The maximum Gasteiger partial charge on any atom is 0.272 e. The van der Waals surface area contributed by atoms with Crippen LogP contribution in [0.2, 0.25) is 0 Å². The molecule has 0 spiro atoms. The monoisotopic (exact) mass is 200 g/mol. The zero-order valence-electron chi connectivity index (χ0n) is 7.36. The Morgan fingerprint density at radius 3 is 3.15 bits per heavy atom. The van der Waals surface area contributed by atoms with Crippen molar-refractivity contribution in [3.8, 4) is 0 Å². The molecule has 0 bridgehead atoms. The number of carbonyl (C=O) groups is 1. The van der Waals surface area contributed by atoms with Crippen molar-refractivity contribution in [2.24, 2.45) is 5.73 Å². The van der Waals surface area contributed by atoms with Crippen LogP contribution >= 0.6 is 11.5 Å². The lowest BCUT2D eigenvalue weighted by molar-refractivity contribution is 0.0946. The zero-order chi connectivity index (χ0) is 9.68. The van der Waals surface area contributed by atoms with Crippen molar-refractivity contribution in [2.45, 2.75) is 19.4 Å². The van der Waals surface area contributed by atoms with Gasteiger partial charge >= 0.3 is 0 Å². The molecule has 0 saturated carbocycles. The lowest BCUT2D eigenvalue weighted by atomic mass is 10.2. The molecule has 13 heavy (non-hydrogen) atoms. The molecule has 1 rings (SSSR count). The molecule has 0 fully saturated rings. The second-order valence-electron chi connectivity index (χ2n) is 2.67. The van der Waals surface area contributed by atoms with Gasteiger partial charge in [-0.3, -0.25) is 4.79 Å². The topological polar surface area (TPSA) is 80.9 Å². The van der Waals surface area contributed by atoms with Gasteiger partial charge in [0.25, 0.3) is 5.91 Å². The van der Waals surface area contributed by atoms with E-state index >= 15 is 0 Å². The summed E-state index contributed by atoms with van der Waals surface area (Å²) in [4.78, 5) is 11.3. The van der Waals surface area contributed by atoms with Crippen LogP contribution in [0.15, 0.2) is 5.38 Å². The van der Waals surface area contributed by atoms with E-state index in [9.17, 15) is 4.79 Å². The Balaban J connectivity index is 2.35. The number of aromatic nitrogens is 2. The summed E-state index contributed by atoms with van der Waals surface area (Å²) in [5, 5.41) is 7.92. The predicted octanol–water partition coefficient (Wildman–Crippen LogP) is 0.00520. The average molecular weight is 200 g/mol. The Bertz CT molecular complexity index is 261. The number of nitrogens with one attached hydrogen (secondary N) is 1. The van der Waals surface area contributed by atoms with Crippen LogP contribution in [0.1, 0.15) is 23.8 Å². The van der Waals surface area contributed by atoms with Gasteiger partial charge in [0.2, 0.25) is 0 Å². The van der Waals surface area contributed by atoms with Gasteiger partial charge in [-0.25, -0.2) is 0 Å². The van der Waals surface area contributed by atoms with Gasteiger partial charge in [-0.15, -0.1) is 5.10 Å². The van der Waals surface area contributed by atoms with Crippen LogP contribution in [0.4, 0.5) is 0 Å². The molecule has 0 aliphatic rings. The van der Waals surface area contributed by atoms with Gasteiger partial charge in [0.1, 0.15) is 0 Å². The summed E-state index contributed by atoms with van der Waals surface area (Å²) in [5.74, 6) is -0.211. The summed E-state index contributed by atoms with van der Waals surface area (Å²) in [6.45, 7) is 2.45. The normalized spacial score (nSPS) is 12.5. The number of nitrogens with zero attached hydrogens (tertiary/aromatic N) is 2. The fourth-order valence-corrected chi connectivity index (χ4v) is 1.16. The summed E-state index contributed by atoms with van der Waals surface area (Å²) < 4.78 is 3.59. The molecule has 1 atom stereocenters. The van der Waals surface area contributed by atoms with Gasteiger partial charge in [0.05, 0.1) is 0 Å². The Labute approximate surface area is 80.5 Å². The molecule has 1 heterocycles. The minimum Gasteiger partial charge on any atom is -0.349 e. The smallest absolute Gasteiger partial charge is 0.272 e. The van der Waals surface area contributed by atoms with Crippen molar-refractivity contribution >= 4 is 17.4 Å². The van der Waals surface area contributed by atoms with E-state index in [1.54, 1.807) is 5.38 Å². The molecule has 3 N–H and O–H groups in total. The Morgan fingerprint density at radius 1 is 1.85 bits per heavy atom. The fourth-order valence-electron chi connectivity index (χ4n) is 0.722. The predicted molar refractivity (Wildman–Crippen MR) is 50.5 cm³/mol. The molecule has 0 radical (unpaired) electrons. The van der Waals surface area contributed by atoms with Gasteiger partial charge in [0.15, 0.2) is 5.69 Å². The van der Waals surface area contributed by atoms with Crippen molar-refractivity contribution in [3.63, 3.8) is 0 Å². The number of hydrogen-bond acceptors (Lipinski definition) is 5. The van der Waals surface area contributed by atoms with E-state index in [0.717, 1.165) is 18.0 Å². The van der Waals surface area contributed by atoms with Crippen LogP contribution in [-0.2, 0) is 0 Å². The molecule has 1 amide bonds. The summed E-state index contributed by atoms with van der Waals surface area (Å²) >= 11 is 1.15. The second kappa shape index (κ2) is 4.88. The third kappa shape index (κ3) is 3.08. The molecule has 1 aromatic rings. The lowest BCUT2D eigenvalue weighted by Gasteiger charge is -2.08. The first-order chi connectivity index (χ1) is 6.24. The van der Waals surface area contributed by atoms with Crippen LogP contribution in [-0.4, -0.2) is 28.1 Å². The van der Waals surface area contributed by atoms with E-state index in [1.807, 2.05) is 6.92 Å². The molecule has 72 valence electrons. The summed E-state index contributed by atoms with van der Waals surface area (Å²) in [6.07, 6.45) is 0.843. The third-order valence-electron chi connectivity index (χ3n) is 1.64. The van der Waals surface area contributed by atoms with Crippen molar-refractivity contribution < 1.29 is 4.79 Å². The van der Waals surface area contributed by atoms with Crippen LogP contribution in [0.3, 0.4) is 0 Å². The molecule has 0 aromatic carbocycles. The minimum atomic E-state index is -0.211. The zero-order valence-corrected chi connectivity index (χ0v) is 8.17. The SMILES string of the molecule is CCC(N)CNC(=O)c1csnn1. The van der Waals surface area contributed by atoms with Gasteiger partial charge in [-0.2, -0.15) is 0 Å². The largest absolute Gasteiger partial charge is 0.349 e. The van der Waals surface area contributed by atoms with Crippen molar-refractivity contribution in [2.75, 3.05) is 6.54 Å². The quantitative estimate of drug-likeness (QED) is 0.717. The second-order valence-corrected chi connectivity index (χ2v) is 3.28. The Morgan fingerprint density at radius 2 is 2.62 bits per heavy atom. The van der Waals surface area contributed by atoms with Crippen LogP contribution < -0.4 is 11.1 Å². The molecule has 0 saturated heterocycles. The number of nitrogens with two attached hydrogens (primary N) is 1. The summed E-state index contributed by atoms with van der Waals surface area (Å²) in [5.41, 5.74) is 5.98. The van der Waals surface area contributed by atoms with E-state index < -0.39 is 0 Å². The van der Waals surface area contributed by atoms with Crippen molar-refractivity contribution in [3.05, 3.63) is 11.1 Å². The maximum atomic E-state index is 11.3. The van der Waals surface area contributed by atoms with Gasteiger partial charge in [-0.1, -0.05) is 11.4 Å². The van der Waals surface area contributed by atoms with E-state index in [-0.39, 0.29) is 11.9 Å². The molecule has 6 heteroatoms. The van der Waals surface area contributed by atoms with Gasteiger partial charge in [0, 0.05) is 18.0 Å². The molecule has 1 aromatic heterocycles. The standard InChI is InChI=1S/C7H12N4OS/c1-2-5(8)3-9-7(12)6-4-13-11-10-6/h4-5H,2-3,8H2,1H3,(H,9,12). The first-order valence-electron chi connectivity index (χ1n) is 4.05. The molecule has 5 nitrogen and oxygen atoms in total. The lowest BCUT2D eigenvalue weighted by Crippen LogP contribution is -2.36. The number of carbonyl (C=O) groups excluding carboxylic acids is 1. The number of amides is 1. The number of rotatable bonds is 4. The Kier molecular flexibility index (Phi) is 3.78. The van der Waals surface area contributed by atoms with E-state index in [2.05, 4.69) is 14.9 Å². The van der Waals surface area contributed by atoms with Crippen molar-refractivity contribution in [1.82, 2.24) is 14.9 Å². The average Bonchev–Trinajstić information content (AvgIpc) is 2.66. The molecule has 0 aliphatic carbocycles. The van der Waals surface area contributed by atoms with Crippen LogP contribution in [0.25, 0.3) is 0 Å². The minimum absolute atomic E-state index is 0.00976. The highest BCUT2D eigenvalue weighted by atomic mass is 32.1. The van der Waals surface area contributed by atoms with Crippen LogP contribution in [0, 0.1) is 0 Å². The highest BCUT2D eigenvalue weighted by molar-refractivity contribution is 7.03. The molecule has 0 aliphatic heterocycles. The van der Waals surface area contributed by atoms with Crippen molar-refractivity contribution in [1.29, 1.82) is 0 Å². The molecule has 1 unspecified atom stereocenters. The first kappa shape index (κ1) is 10.1. The highest BCUT2D eigenvalue weighted by Gasteiger charge is 2.08. The maximum absolute atomic E-state index is 11.3. The summed E-state index contributed by atoms with van der Waals surface area (Å²) in [6, 6.07) is 0.00976. The summed E-state index contributed by atoms with van der Waals surface area (Å²) in [7, 11) is 0. The van der Waals surface area contributed by atoms with Crippen LogP contribution in [0.5, 0.6) is 0 Å². The van der Waals surface area contributed by atoms with Gasteiger partial charge < -0.3 is 11.1 Å². The van der Waals surface area contributed by atoms with E-state index in [0.29, 0.717) is 12.2 Å². The van der Waals surface area contributed by atoms with E-state index in [4.69, 9.17) is 5.73 Å². The Hall–Kier alpha value is -1.01. The molecular formula is C7H12N4OS.